The molecule has 0 aromatic heterocycles. The second kappa shape index (κ2) is 8.72. The van der Waals surface area contributed by atoms with Crippen LogP contribution in [0.2, 0.25) is 0 Å². The topological polar surface area (TPSA) is 58.6 Å². The third-order valence-corrected chi connectivity index (χ3v) is 3.70. The molecule has 0 saturated carbocycles. The number of amides is 2. The highest BCUT2D eigenvalue weighted by Crippen LogP contribution is 2.13. The van der Waals surface area contributed by atoms with Gasteiger partial charge in [0.15, 0.2) is 0 Å². The van der Waals surface area contributed by atoms with Crippen LogP contribution in [0, 0.1) is 0 Å². The molecule has 2 rings (SSSR count). The lowest BCUT2D eigenvalue weighted by molar-refractivity contribution is -0.142. The summed E-state index contributed by atoms with van der Waals surface area (Å²) in [5.74, 6) is -0.462. The number of hydrogen-bond donors (Lipinski definition) is 1. The quantitative estimate of drug-likeness (QED) is 0.830. The van der Waals surface area contributed by atoms with E-state index in [0.717, 1.165) is 11.3 Å². The molecule has 24 heavy (non-hydrogen) atoms. The van der Waals surface area contributed by atoms with Gasteiger partial charge in [-0.2, -0.15) is 0 Å². The monoisotopic (exact) mass is 326 g/mol. The minimum Gasteiger partial charge on any atom is -0.467 e. The van der Waals surface area contributed by atoms with Crippen molar-refractivity contribution in [3.63, 3.8) is 0 Å². The molecule has 0 aliphatic heterocycles. The van der Waals surface area contributed by atoms with Gasteiger partial charge in [-0.15, -0.1) is 0 Å². The van der Waals surface area contributed by atoms with Crippen molar-refractivity contribution in [3.8, 4) is 0 Å². The van der Waals surface area contributed by atoms with Gasteiger partial charge in [-0.3, -0.25) is 4.90 Å². The molecular weight excluding hydrogens is 304 g/mol. The average molecular weight is 326 g/mol. The number of rotatable bonds is 6. The third-order valence-electron chi connectivity index (χ3n) is 3.70. The normalized spacial score (nSPS) is 11.4. The van der Waals surface area contributed by atoms with Gasteiger partial charge in [0.1, 0.15) is 6.04 Å². The molecule has 0 bridgehead atoms. The number of anilines is 1. The highest BCUT2D eigenvalue weighted by Gasteiger charge is 2.24. The predicted molar refractivity (Wildman–Crippen MR) is 93.9 cm³/mol. The summed E-state index contributed by atoms with van der Waals surface area (Å²) in [7, 11) is 1.32. The van der Waals surface area contributed by atoms with Crippen LogP contribution < -0.4 is 10.2 Å². The van der Waals surface area contributed by atoms with Gasteiger partial charge in [-0.05, 0) is 24.6 Å². The minimum absolute atomic E-state index is 0.324. The Labute approximate surface area is 142 Å². The van der Waals surface area contributed by atoms with E-state index < -0.39 is 12.0 Å². The predicted octanol–water partition coefficient (Wildman–Crippen LogP) is 3.01. The largest absolute Gasteiger partial charge is 0.467 e. The molecule has 126 valence electrons. The van der Waals surface area contributed by atoms with Gasteiger partial charge in [-0.1, -0.05) is 48.5 Å². The van der Waals surface area contributed by atoms with Crippen molar-refractivity contribution in [2.75, 3.05) is 18.6 Å². The maximum atomic E-state index is 12.6. The number of benzene rings is 2. The van der Waals surface area contributed by atoms with Crippen molar-refractivity contribution in [1.82, 2.24) is 5.32 Å². The van der Waals surface area contributed by atoms with Crippen molar-refractivity contribution < 1.29 is 14.3 Å². The number of carbonyl (C=O) groups is 2. The summed E-state index contributed by atoms with van der Waals surface area (Å²) in [6.07, 6.45) is 0.381. The molecule has 0 unspecified atom stereocenters. The van der Waals surface area contributed by atoms with Crippen LogP contribution >= 0.6 is 0 Å². The molecule has 0 radical (unpaired) electrons. The van der Waals surface area contributed by atoms with Crippen LogP contribution in [0.25, 0.3) is 0 Å². The van der Waals surface area contributed by atoms with Crippen molar-refractivity contribution in [3.05, 3.63) is 66.2 Å². The van der Waals surface area contributed by atoms with Gasteiger partial charge in [0.25, 0.3) is 0 Å². The Bertz CT molecular complexity index is 659. The molecule has 0 fully saturated rings. The first kappa shape index (κ1) is 17.5. The summed E-state index contributed by atoms with van der Waals surface area (Å²) in [6, 6.07) is 17.8. The number of carbonyl (C=O) groups excluding carboxylic acids is 2. The van der Waals surface area contributed by atoms with E-state index in [-0.39, 0.29) is 6.03 Å². The van der Waals surface area contributed by atoms with E-state index >= 15 is 0 Å². The zero-order valence-corrected chi connectivity index (χ0v) is 13.9. The SMILES string of the molecule is CCN(C(=O)N[C@@H](Cc1ccccc1)C(=O)OC)c1ccccc1. The Hall–Kier alpha value is -2.82. The van der Waals surface area contributed by atoms with E-state index in [4.69, 9.17) is 4.74 Å². The lowest BCUT2D eigenvalue weighted by atomic mass is 10.1. The fourth-order valence-electron chi connectivity index (χ4n) is 2.46. The molecule has 0 aliphatic rings. The van der Waals surface area contributed by atoms with E-state index in [2.05, 4.69) is 5.32 Å². The van der Waals surface area contributed by atoms with Crippen molar-refractivity contribution in [2.45, 2.75) is 19.4 Å². The number of ether oxygens (including phenoxy) is 1. The highest BCUT2D eigenvalue weighted by molar-refractivity contribution is 5.94. The Kier molecular flexibility index (Phi) is 6.37. The number of hydrogen-bond acceptors (Lipinski definition) is 3. The zero-order chi connectivity index (χ0) is 17.4. The maximum absolute atomic E-state index is 12.6. The van der Waals surface area contributed by atoms with Crippen molar-refractivity contribution in [2.24, 2.45) is 0 Å². The zero-order valence-electron chi connectivity index (χ0n) is 13.9. The summed E-state index contributed by atoms with van der Waals surface area (Å²) in [5, 5.41) is 2.78. The molecule has 0 saturated heterocycles. The van der Waals surface area contributed by atoms with Crippen LogP contribution in [0.1, 0.15) is 12.5 Å². The third kappa shape index (κ3) is 4.59. The van der Waals surface area contributed by atoms with Crippen LogP contribution in [0.5, 0.6) is 0 Å². The molecule has 0 spiro atoms. The smallest absolute Gasteiger partial charge is 0.328 e. The van der Waals surface area contributed by atoms with E-state index in [1.54, 1.807) is 4.90 Å². The summed E-state index contributed by atoms with van der Waals surface area (Å²) in [4.78, 5) is 26.2. The average Bonchev–Trinajstić information content (AvgIpc) is 2.63. The first-order valence-electron chi connectivity index (χ1n) is 7.90. The number of nitrogens with zero attached hydrogens (tertiary/aromatic N) is 1. The molecule has 2 aromatic rings. The first-order chi connectivity index (χ1) is 11.7. The molecule has 2 aromatic carbocycles. The van der Waals surface area contributed by atoms with E-state index in [0.29, 0.717) is 13.0 Å². The van der Waals surface area contributed by atoms with Crippen LogP contribution in [0.4, 0.5) is 10.5 Å². The highest BCUT2D eigenvalue weighted by atomic mass is 16.5. The van der Waals surface area contributed by atoms with Crippen LogP contribution in [0.3, 0.4) is 0 Å². The van der Waals surface area contributed by atoms with Crippen molar-refractivity contribution in [1.29, 1.82) is 0 Å². The van der Waals surface area contributed by atoms with Crippen molar-refractivity contribution >= 4 is 17.7 Å². The van der Waals surface area contributed by atoms with Gasteiger partial charge in [-0.25, -0.2) is 9.59 Å². The van der Waals surface area contributed by atoms with Gasteiger partial charge in [0.2, 0.25) is 0 Å². The second-order valence-corrected chi connectivity index (χ2v) is 5.29. The van der Waals surface area contributed by atoms with Gasteiger partial charge in [0.05, 0.1) is 7.11 Å². The molecule has 1 N–H and O–H groups in total. The second-order valence-electron chi connectivity index (χ2n) is 5.29. The Balaban J connectivity index is 2.13. The number of esters is 1. The molecule has 0 aliphatic carbocycles. The summed E-state index contributed by atoms with van der Waals surface area (Å²) in [6.45, 7) is 2.38. The van der Waals surface area contributed by atoms with E-state index in [1.807, 2.05) is 67.6 Å². The number of nitrogens with one attached hydrogen (secondary N) is 1. The Morgan fingerprint density at radius 3 is 2.17 bits per heavy atom. The van der Waals surface area contributed by atoms with Crippen LogP contribution in [-0.4, -0.2) is 31.7 Å². The lowest BCUT2D eigenvalue weighted by Gasteiger charge is -2.24. The summed E-state index contributed by atoms with van der Waals surface area (Å²) >= 11 is 0. The molecule has 5 nitrogen and oxygen atoms in total. The molecular formula is C19H22N2O3. The first-order valence-corrected chi connectivity index (χ1v) is 7.90. The van der Waals surface area contributed by atoms with Gasteiger partial charge >= 0.3 is 12.0 Å². The number of para-hydroxylation sites is 1. The van der Waals surface area contributed by atoms with Gasteiger partial charge < -0.3 is 10.1 Å². The van der Waals surface area contributed by atoms with E-state index in [9.17, 15) is 9.59 Å². The fraction of sp³-hybridized carbons (Fsp3) is 0.263. The summed E-state index contributed by atoms with van der Waals surface area (Å²) < 4.78 is 4.83. The fourth-order valence-corrected chi connectivity index (χ4v) is 2.46. The lowest BCUT2D eigenvalue weighted by Crippen LogP contribution is -2.49. The molecule has 2 amide bonds. The van der Waals surface area contributed by atoms with E-state index in [1.165, 1.54) is 7.11 Å². The molecule has 5 heteroatoms. The van der Waals surface area contributed by atoms with Crippen LogP contribution in [-0.2, 0) is 16.0 Å². The Morgan fingerprint density at radius 2 is 1.62 bits per heavy atom. The maximum Gasteiger partial charge on any atom is 0.328 e. The number of urea groups is 1. The van der Waals surface area contributed by atoms with Crippen LogP contribution in [0.15, 0.2) is 60.7 Å². The summed E-state index contributed by atoms with van der Waals surface area (Å²) in [5.41, 5.74) is 1.73. The standard InChI is InChI=1S/C19H22N2O3/c1-3-21(16-12-8-5-9-13-16)19(23)20-17(18(22)24-2)14-15-10-6-4-7-11-15/h4-13,17H,3,14H2,1-2H3,(H,20,23)/t17-/m0/s1. The molecule has 0 heterocycles. The number of methoxy groups -OCH3 is 1. The Morgan fingerprint density at radius 1 is 1.04 bits per heavy atom. The van der Waals surface area contributed by atoms with Gasteiger partial charge in [0, 0.05) is 18.7 Å². The molecule has 1 atom stereocenters. The minimum atomic E-state index is -0.734.